The molecule has 0 aromatic heterocycles. The minimum Gasteiger partial charge on any atom is -0.455 e. The monoisotopic (exact) mass is 769 g/mol. The van der Waals surface area contributed by atoms with Crippen LogP contribution in [-0.4, -0.2) is 104 Å². The first-order valence-corrected chi connectivity index (χ1v) is 19.6. The van der Waals surface area contributed by atoms with Gasteiger partial charge >= 0.3 is 5.97 Å². The van der Waals surface area contributed by atoms with E-state index < -0.39 is 53.7 Å². The second-order valence-electron chi connectivity index (χ2n) is 15.3. The molecule has 1 N–H and O–H groups in total. The lowest BCUT2D eigenvalue weighted by molar-refractivity contribution is -0.165. The molecule has 0 radical (unpaired) electrons. The molecule has 3 aliphatic heterocycles. The van der Waals surface area contributed by atoms with Gasteiger partial charge in [-0.3, -0.25) is 19.2 Å². The summed E-state index contributed by atoms with van der Waals surface area (Å²) >= 11 is 3.78. The number of esters is 1. The molecule has 1 spiro atoms. The Balaban J connectivity index is 1.53. The Morgan fingerprint density at radius 2 is 1.80 bits per heavy atom. The Morgan fingerprint density at radius 1 is 1.12 bits per heavy atom. The van der Waals surface area contributed by atoms with E-state index in [2.05, 4.69) is 29.1 Å². The van der Waals surface area contributed by atoms with Crippen LogP contribution < -0.4 is 0 Å². The number of benzene rings is 1. The van der Waals surface area contributed by atoms with E-state index in [0.717, 1.165) is 32.1 Å². The van der Waals surface area contributed by atoms with E-state index in [1.807, 2.05) is 56.0 Å². The van der Waals surface area contributed by atoms with Crippen molar-refractivity contribution in [2.24, 2.45) is 17.8 Å². The van der Waals surface area contributed by atoms with Crippen LogP contribution >= 0.6 is 15.9 Å². The molecule has 10 nitrogen and oxygen atoms in total. The van der Waals surface area contributed by atoms with Crippen molar-refractivity contribution >= 4 is 39.6 Å². The van der Waals surface area contributed by atoms with Gasteiger partial charge in [-0.25, -0.2) is 0 Å². The number of allylic oxidation sites excluding steroid dienone is 1. The lowest BCUT2D eigenvalue weighted by atomic mass is 9.70. The molecule has 2 bridgehead atoms. The van der Waals surface area contributed by atoms with Gasteiger partial charge in [0.25, 0.3) is 0 Å². The number of amides is 3. The molecule has 4 fully saturated rings. The second kappa shape index (κ2) is 16.8. The van der Waals surface area contributed by atoms with Gasteiger partial charge in [-0.1, -0.05) is 91.5 Å². The van der Waals surface area contributed by atoms with Crippen molar-refractivity contribution in [2.45, 2.75) is 125 Å². The fourth-order valence-corrected chi connectivity index (χ4v) is 10.0. The Morgan fingerprint density at radius 3 is 2.41 bits per heavy atom. The van der Waals surface area contributed by atoms with Crippen molar-refractivity contribution in [1.29, 1.82) is 0 Å². The van der Waals surface area contributed by atoms with Gasteiger partial charge in [-0.2, -0.15) is 0 Å². The first kappa shape index (κ1) is 39.2. The summed E-state index contributed by atoms with van der Waals surface area (Å²) in [6, 6.07) is 7.12. The van der Waals surface area contributed by atoms with Crippen LogP contribution in [0, 0.1) is 17.8 Å². The molecule has 1 unspecified atom stereocenters. The molecule has 3 amide bonds. The van der Waals surface area contributed by atoms with Crippen LogP contribution in [0.3, 0.4) is 0 Å². The molecule has 9 atom stereocenters. The van der Waals surface area contributed by atoms with E-state index in [-0.39, 0.29) is 47.5 Å². The van der Waals surface area contributed by atoms with Crippen LogP contribution in [0.25, 0.3) is 0 Å². The number of carbonyl (C=O) groups excluding carboxylic acids is 4. The zero-order chi connectivity index (χ0) is 37.0. The number of hydrogen-bond donors (Lipinski definition) is 1. The summed E-state index contributed by atoms with van der Waals surface area (Å²) in [7, 11) is 1.70. The maximum atomic E-state index is 15.0. The molecule has 1 aliphatic carbocycles. The number of nitrogens with zero attached hydrogens (tertiary/aromatic N) is 3. The van der Waals surface area contributed by atoms with Gasteiger partial charge in [0.1, 0.15) is 17.7 Å². The number of rotatable bonds is 16. The van der Waals surface area contributed by atoms with Crippen LogP contribution in [0.1, 0.15) is 90.2 Å². The van der Waals surface area contributed by atoms with Crippen molar-refractivity contribution in [3.63, 3.8) is 0 Å². The number of halogens is 1. The highest BCUT2D eigenvalue weighted by atomic mass is 79.9. The number of likely N-dealkylation sites (tertiary alicyclic amines) is 1. The third-order valence-corrected chi connectivity index (χ3v) is 12.4. The molecule has 11 heteroatoms. The van der Waals surface area contributed by atoms with Crippen LogP contribution in [0.2, 0.25) is 0 Å². The molecular weight excluding hydrogens is 714 g/mol. The van der Waals surface area contributed by atoms with Gasteiger partial charge in [0, 0.05) is 30.9 Å². The van der Waals surface area contributed by atoms with E-state index in [1.54, 1.807) is 29.0 Å². The number of aliphatic hydroxyl groups is 1. The molecule has 1 aromatic carbocycles. The molecule has 51 heavy (non-hydrogen) atoms. The smallest absolute Gasteiger partial charge is 0.313 e. The zero-order valence-electron chi connectivity index (χ0n) is 30.6. The number of alkyl halides is 1. The minimum atomic E-state index is -1.29. The quantitative estimate of drug-likeness (QED) is 0.133. The van der Waals surface area contributed by atoms with Gasteiger partial charge in [0.05, 0.1) is 36.6 Å². The zero-order valence-corrected chi connectivity index (χ0v) is 32.2. The molecule has 3 heterocycles. The Bertz CT molecular complexity index is 1430. The predicted octanol–water partition coefficient (Wildman–Crippen LogP) is 5.59. The van der Waals surface area contributed by atoms with Gasteiger partial charge < -0.3 is 29.3 Å². The summed E-state index contributed by atoms with van der Waals surface area (Å²) in [5, 5.41) is 10.7. The summed E-state index contributed by atoms with van der Waals surface area (Å²) in [6.07, 6.45) is 8.43. The minimum absolute atomic E-state index is 0.00718. The molecule has 3 saturated heterocycles. The van der Waals surface area contributed by atoms with Crippen molar-refractivity contribution in [1.82, 2.24) is 14.7 Å². The first-order chi connectivity index (χ1) is 24.4. The summed E-state index contributed by atoms with van der Waals surface area (Å²) in [5.41, 5.74) is -0.575. The number of ether oxygens (including phenoxy) is 2. The van der Waals surface area contributed by atoms with E-state index in [1.165, 1.54) is 0 Å². The summed E-state index contributed by atoms with van der Waals surface area (Å²) in [5.74, 6) is -3.14. The highest BCUT2D eigenvalue weighted by Crippen LogP contribution is 2.61. The highest BCUT2D eigenvalue weighted by molar-refractivity contribution is 9.09. The van der Waals surface area contributed by atoms with Crippen molar-refractivity contribution < 1.29 is 33.8 Å². The number of likely N-dealkylation sites (N-methyl/N-ethyl adjacent to an activating group) is 1. The molecular formula is C40H56BrN3O7. The molecule has 5 rings (SSSR count). The van der Waals surface area contributed by atoms with Crippen molar-refractivity contribution in [3.05, 3.63) is 61.2 Å². The third kappa shape index (κ3) is 7.58. The number of aliphatic hydroxyl groups excluding tert-OH is 1. The van der Waals surface area contributed by atoms with E-state index in [4.69, 9.17) is 9.47 Å². The van der Waals surface area contributed by atoms with Crippen molar-refractivity contribution in [3.8, 4) is 0 Å². The fraction of sp³-hybridized carbons (Fsp3) is 0.650. The first-order valence-electron chi connectivity index (χ1n) is 18.7. The Labute approximate surface area is 311 Å². The van der Waals surface area contributed by atoms with Gasteiger partial charge in [-0.15, -0.1) is 13.2 Å². The van der Waals surface area contributed by atoms with Crippen LogP contribution in [0.15, 0.2) is 55.6 Å². The molecule has 280 valence electrons. The fourth-order valence-electron chi connectivity index (χ4n) is 9.06. The van der Waals surface area contributed by atoms with E-state index in [9.17, 15) is 19.5 Å². The molecule has 4 aliphatic rings. The third-order valence-electron chi connectivity index (χ3n) is 11.6. The van der Waals surface area contributed by atoms with Crippen LogP contribution in [-0.2, 0) is 28.7 Å². The van der Waals surface area contributed by atoms with Gasteiger partial charge in [0.2, 0.25) is 17.7 Å². The topological polar surface area (TPSA) is 117 Å². The van der Waals surface area contributed by atoms with E-state index in [0.29, 0.717) is 31.4 Å². The standard InChI is InChI=1S/C40H56BrN3O7/c1-7-9-20-31(46)42(6)26(5)34(27-16-12-10-13-17-27)50-39(49)32-33-37(47)44(29(24-45)22-25(3)4)36(40(33)23-30(41)35(32)51-40)38(48)43(21-8-2)28-18-14-11-15-19-28/h7-8,10,12-13,16-17,25-26,28-30,32-36,45H,1-2,9,11,14-15,18-24H2,3-6H3/t26-,29-,30?,32-,33+,34+,35-,36-,40+/m1/s1. The van der Waals surface area contributed by atoms with E-state index >= 15 is 4.79 Å². The lowest BCUT2D eigenvalue weighted by Gasteiger charge is -2.42. The van der Waals surface area contributed by atoms with Crippen molar-refractivity contribution in [2.75, 3.05) is 20.2 Å². The maximum Gasteiger partial charge on any atom is 0.313 e. The molecule has 1 saturated carbocycles. The van der Waals surface area contributed by atoms with Gasteiger partial charge in [-0.05, 0) is 50.5 Å². The van der Waals surface area contributed by atoms with Crippen LogP contribution in [0.4, 0.5) is 0 Å². The summed E-state index contributed by atoms with van der Waals surface area (Å²) in [4.78, 5) is 62.3. The predicted molar refractivity (Wildman–Crippen MR) is 199 cm³/mol. The SMILES string of the molecule is C=CCCC(=O)N(C)[C@H](C)[C@H](OC(=O)[C@H]1[C@@H]2O[C@@]3(CC2Br)[C@@H]1C(=O)N([C@@H](CO)CC(C)C)[C@@H]3C(=O)N(CC=C)C1CCCCC1)c1ccccc1. The number of carbonyl (C=O) groups is 4. The van der Waals surface area contributed by atoms with Crippen LogP contribution in [0.5, 0.6) is 0 Å². The van der Waals surface area contributed by atoms with Gasteiger partial charge in [0.15, 0.2) is 0 Å². The average molecular weight is 771 g/mol. The number of hydrogen-bond acceptors (Lipinski definition) is 7. The summed E-state index contributed by atoms with van der Waals surface area (Å²) < 4.78 is 13.2. The second-order valence-corrected chi connectivity index (χ2v) is 16.5. The normalized spacial score (nSPS) is 29.0. The maximum absolute atomic E-state index is 15.0. The largest absolute Gasteiger partial charge is 0.455 e. The number of fused-ring (bicyclic) bond motifs is 1. The summed E-state index contributed by atoms with van der Waals surface area (Å²) in [6.45, 7) is 13.6. The Kier molecular flexibility index (Phi) is 12.9. The lowest BCUT2D eigenvalue weighted by Crippen LogP contribution is -2.60. The average Bonchev–Trinajstić information content (AvgIpc) is 3.73. The Hall–Kier alpha value is -3.02. The highest BCUT2D eigenvalue weighted by Gasteiger charge is 2.77. The molecule has 1 aromatic rings.